The van der Waals surface area contributed by atoms with Crippen LogP contribution in [0, 0.1) is 0 Å². The lowest BCUT2D eigenvalue weighted by molar-refractivity contribution is -0.137. The van der Waals surface area contributed by atoms with Crippen LogP contribution in [0.2, 0.25) is 0 Å². The van der Waals surface area contributed by atoms with E-state index < -0.39 is 45.6 Å². The molecule has 0 bridgehead atoms. The van der Waals surface area contributed by atoms with Crippen LogP contribution in [0.3, 0.4) is 0 Å². The molecule has 1 aliphatic rings. The number of nitrogens with zero attached hydrogens (tertiary/aromatic N) is 3. The number of thiophene rings is 1. The van der Waals surface area contributed by atoms with E-state index in [-0.39, 0.29) is 35.9 Å². The van der Waals surface area contributed by atoms with E-state index in [1.54, 1.807) is 0 Å². The van der Waals surface area contributed by atoms with Crippen molar-refractivity contribution in [3.63, 3.8) is 0 Å². The number of nitrogens with two attached hydrogens (primary N) is 1. The first-order chi connectivity index (χ1) is 13.9. The van der Waals surface area contributed by atoms with Gasteiger partial charge in [0.25, 0.3) is 0 Å². The molecule has 1 fully saturated rings. The Hall–Kier alpha value is -2.32. The number of anilines is 1. The Balaban J connectivity index is 1.89. The summed E-state index contributed by atoms with van der Waals surface area (Å²) in [5.74, 6) is -1.04. The van der Waals surface area contributed by atoms with Gasteiger partial charge in [-0.05, 0) is 12.5 Å². The zero-order valence-electron chi connectivity index (χ0n) is 15.5. The van der Waals surface area contributed by atoms with Gasteiger partial charge in [0.15, 0.2) is 0 Å². The molecule has 0 spiro atoms. The Morgan fingerprint density at radius 3 is 2.63 bits per heavy atom. The van der Waals surface area contributed by atoms with Crippen LogP contribution < -0.4 is 11.1 Å². The molecule has 0 radical (unpaired) electrons. The fourth-order valence-corrected chi connectivity index (χ4v) is 4.69. The second kappa shape index (κ2) is 8.07. The molecule has 164 valence electrons. The number of carbonyl (C=O) groups is 1. The maximum Gasteiger partial charge on any atom is 0.420 e. The molecule has 2 aromatic rings. The van der Waals surface area contributed by atoms with Crippen LogP contribution in [0.25, 0.3) is 10.6 Å². The second-order valence-corrected chi connectivity index (χ2v) is 9.59. The summed E-state index contributed by atoms with van der Waals surface area (Å²) in [7, 11) is -3.55. The van der Waals surface area contributed by atoms with Crippen LogP contribution in [-0.2, 0) is 16.2 Å². The Labute approximate surface area is 173 Å². The average molecular weight is 467 g/mol. The molecular weight excluding hydrogens is 450 g/mol. The quantitative estimate of drug-likeness (QED) is 0.651. The zero-order valence-corrected chi connectivity index (χ0v) is 17.1. The average Bonchev–Trinajstić information content (AvgIpc) is 3.12. The third kappa shape index (κ3) is 4.87. The van der Waals surface area contributed by atoms with Crippen molar-refractivity contribution in [2.45, 2.75) is 24.8 Å². The molecule has 14 heteroatoms. The summed E-state index contributed by atoms with van der Waals surface area (Å²) in [5, 5.41) is 3.96. The number of rotatable bonds is 5. The minimum atomic E-state index is -4.76. The third-order valence-electron chi connectivity index (χ3n) is 4.50. The van der Waals surface area contributed by atoms with Crippen LogP contribution in [0.15, 0.2) is 17.6 Å². The SMILES string of the molecule is CS(=O)(=O)N1CC[C@@H](Nc2ncc(C(F)(F)F)c(-c3cc(C(N)=O)cs3)n2)[C@H](F)C1. The second-order valence-electron chi connectivity index (χ2n) is 6.69. The van der Waals surface area contributed by atoms with E-state index in [0.29, 0.717) is 6.20 Å². The zero-order chi connectivity index (χ0) is 22.3. The number of amides is 1. The summed E-state index contributed by atoms with van der Waals surface area (Å²) in [6, 6.07) is 0.314. The normalized spacial score (nSPS) is 20.8. The van der Waals surface area contributed by atoms with Crippen LogP contribution in [0.1, 0.15) is 22.3 Å². The summed E-state index contributed by atoms with van der Waals surface area (Å²) in [4.78, 5) is 18.8. The van der Waals surface area contributed by atoms with Crippen molar-refractivity contribution in [1.29, 1.82) is 0 Å². The monoisotopic (exact) mass is 467 g/mol. The molecule has 3 rings (SSSR count). The number of piperidine rings is 1. The van der Waals surface area contributed by atoms with Gasteiger partial charge in [-0.1, -0.05) is 0 Å². The fraction of sp³-hybridized carbons (Fsp3) is 0.438. The van der Waals surface area contributed by atoms with E-state index >= 15 is 0 Å². The minimum Gasteiger partial charge on any atom is -0.366 e. The highest BCUT2D eigenvalue weighted by Gasteiger charge is 2.37. The largest absolute Gasteiger partial charge is 0.420 e. The van der Waals surface area contributed by atoms with Crippen molar-refractivity contribution in [2.24, 2.45) is 5.73 Å². The van der Waals surface area contributed by atoms with E-state index in [0.717, 1.165) is 21.9 Å². The van der Waals surface area contributed by atoms with Gasteiger partial charge in [0.2, 0.25) is 21.9 Å². The van der Waals surface area contributed by atoms with Gasteiger partial charge < -0.3 is 11.1 Å². The van der Waals surface area contributed by atoms with Gasteiger partial charge in [-0.2, -0.15) is 17.5 Å². The van der Waals surface area contributed by atoms with Crippen molar-refractivity contribution >= 4 is 33.2 Å². The molecule has 3 N–H and O–H groups in total. The summed E-state index contributed by atoms with van der Waals surface area (Å²) in [5.41, 5.74) is 3.60. The predicted molar refractivity (Wildman–Crippen MR) is 102 cm³/mol. The summed E-state index contributed by atoms with van der Waals surface area (Å²) in [6.07, 6.45) is -4.73. The first-order valence-electron chi connectivity index (χ1n) is 8.55. The first kappa shape index (κ1) is 22.4. The van der Waals surface area contributed by atoms with Gasteiger partial charge >= 0.3 is 6.18 Å². The minimum absolute atomic E-state index is 0.0354. The number of aromatic nitrogens is 2. The van der Waals surface area contributed by atoms with Crippen molar-refractivity contribution in [3.8, 4) is 10.6 Å². The molecular formula is C16H17F4N5O3S2. The van der Waals surface area contributed by atoms with E-state index in [1.807, 2.05) is 0 Å². The lowest BCUT2D eigenvalue weighted by Crippen LogP contribution is -2.49. The molecule has 0 unspecified atom stereocenters. The van der Waals surface area contributed by atoms with Gasteiger partial charge in [-0.3, -0.25) is 4.79 Å². The number of primary amides is 1. The van der Waals surface area contributed by atoms with Crippen molar-refractivity contribution in [3.05, 3.63) is 28.8 Å². The highest BCUT2D eigenvalue weighted by atomic mass is 32.2. The van der Waals surface area contributed by atoms with Gasteiger partial charge in [0, 0.05) is 24.7 Å². The molecule has 8 nitrogen and oxygen atoms in total. The Morgan fingerprint density at radius 1 is 1.40 bits per heavy atom. The predicted octanol–water partition coefficient (Wildman–Crippen LogP) is 2.11. The molecule has 2 aromatic heterocycles. The van der Waals surface area contributed by atoms with Crippen LogP contribution >= 0.6 is 11.3 Å². The van der Waals surface area contributed by atoms with Crippen molar-refractivity contribution < 1.29 is 30.8 Å². The molecule has 2 atom stereocenters. The molecule has 30 heavy (non-hydrogen) atoms. The molecule has 0 aromatic carbocycles. The van der Waals surface area contributed by atoms with E-state index in [4.69, 9.17) is 5.73 Å². The molecule has 1 saturated heterocycles. The van der Waals surface area contributed by atoms with Gasteiger partial charge in [0.05, 0.1) is 28.4 Å². The molecule has 1 aliphatic heterocycles. The summed E-state index contributed by atoms with van der Waals surface area (Å²) in [6.45, 7) is -0.325. The maximum absolute atomic E-state index is 14.4. The Kier molecular flexibility index (Phi) is 6.02. The number of halogens is 4. The number of hydrogen-bond acceptors (Lipinski definition) is 7. The van der Waals surface area contributed by atoms with Gasteiger partial charge in [-0.25, -0.2) is 22.8 Å². The lowest BCUT2D eigenvalue weighted by Gasteiger charge is -2.33. The number of carbonyl (C=O) groups excluding carboxylic acids is 1. The highest BCUT2D eigenvalue weighted by molar-refractivity contribution is 7.88. The van der Waals surface area contributed by atoms with Crippen LogP contribution in [-0.4, -0.2) is 60.2 Å². The van der Waals surface area contributed by atoms with E-state index in [1.165, 1.54) is 11.4 Å². The Morgan fingerprint density at radius 2 is 2.10 bits per heavy atom. The summed E-state index contributed by atoms with van der Waals surface area (Å²) < 4.78 is 78.7. The third-order valence-corrected chi connectivity index (χ3v) is 6.71. The fourth-order valence-electron chi connectivity index (χ4n) is 2.94. The van der Waals surface area contributed by atoms with Crippen LogP contribution in [0.4, 0.5) is 23.5 Å². The number of sulfonamides is 1. The van der Waals surface area contributed by atoms with Crippen LogP contribution in [0.5, 0.6) is 0 Å². The standard InChI is InChI=1S/C16H17F4N5O3S2/c1-30(27,28)25-3-2-11(10(17)6-25)23-15-22-5-9(16(18,19)20)13(24-15)12-4-8(7-29-12)14(21)26/h4-5,7,10-11H,2-3,6H2,1H3,(H2,21,26)(H,22,23,24)/t10-,11-/m1/s1. The first-order valence-corrected chi connectivity index (χ1v) is 11.3. The number of alkyl halides is 4. The molecule has 0 aliphatic carbocycles. The molecule has 0 saturated carbocycles. The van der Waals surface area contributed by atoms with E-state index in [2.05, 4.69) is 15.3 Å². The van der Waals surface area contributed by atoms with Gasteiger partial charge in [-0.15, -0.1) is 11.3 Å². The van der Waals surface area contributed by atoms with Gasteiger partial charge in [0.1, 0.15) is 11.7 Å². The van der Waals surface area contributed by atoms with Crippen molar-refractivity contribution in [2.75, 3.05) is 24.7 Å². The highest BCUT2D eigenvalue weighted by Crippen LogP contribution is 2.38. The topological polar surface area (TPSA) is 118 Å². The maximum atomic E-state index is 14.4. The molecule has 3 heterocycles. The molecule has 1 amide bonds. The smallest absolute Gasteiger partial charge is 0.366 e. The Bertz CT molecular complexity index is 1060. The lowest BCUT2D eigenvalue weighted by atomic mass is 10.1. The van der Waals surface area contributed by atoms with Crippen molar-refractivity contribution in [1.82, 2.24) is 14.3 Å². The van der Waals surface area contributed by atoms with E-state index in [9.17, 15) is 30.8 Å². The summed E-state index contributed by atoms with van der Waals surface area (Å²) >= 11 is 0.853. The number of nitrogens with one attached hydrogen (secondary N) is 1. The number of hydrogen-bond donors (Lipinski definition) is 2.